The Bertz CT molecular complexity index is 1430. The molecule has 0 bridgehead atoms. The van der Waals surface area contributed by atoms with Gasteiger partial charge in [0.25, 0.3) is 10.0 Å². The van der Waals surface area contributed by atoms with Gasteiger partial charge in [0.2, 0.25) is 11.8 Å². The van der Waals surface area contributed by atoms with Crippen LogP contribution >= 0.6 is 23.2 Å². The lowest BCUT2D eigenvalue weighted by Crippen LogP contribution is -2.52. The van der Waals surface area contributed by atoms with E-state index in [0.29, 0.717) is 23.6 Å². The number of sulfonamides is 1. The summed E-state index contributed by atoms with van der Waals surface area (Å²) in [5.41, 5.74) is 1.69. The predicted molar refractivity (Wildman–Crippen MR) is 161 cm³/mol. The Morgan fingerprint density at radius 1 is 0.900 bits per heavy atom. The molecule has 3 rings (SSSR count). The van der Waals surface area contributed by atoms with Crippen molar-refractivity contribution in [1.29, 1.82) is 0 Å². The van der Waals surface area contributed by atoms with Crippen LogP contribution in [-0.4, -0.2) is 44.3 Å². The van der Waals surface area contributed by atoms with Crippen LogP contribution in [0.4, 0.5) is 5.69 Å². The zero-order valence-electron chi connectivity index (χ0n) is 23.1. The molecule has 0 radical (unpaired) electrons. The molecule has 0 spiro atoms. The van der Waals surface area contributed by atoms with Gasteiger partial charge in [-0.3, -0.25) is 13.9 Å². The second kappa shape index (κ2) is 14.0. The lowest BCUT2D eigenvalue weighted by Gasteiger charge is -2.33. The minimum atomic E-state index is -4.20. The second-order valence-electron chi connectivity index (χ2n) is 9.95. The molecular weight excluding hydrogens is 569 g/mol. The number of hydrogen-bond acceptors (Lipinski definition) is 4. The molecule has 0 aromatic heterocycles. The zero-order valence-corrected chi connectivity index (χ0v) is 25.4. The summed E-state index contributed by atoms with van der Waals surface area (Å²) in [6, 6.07) is 19.0. The van der Waals surface area contributed by atoms with Gasteiger partial charge in [-0.1, -0.05) is 92.0 Å². The number of rotatable bonds is 12. The van der Waals surface area contributed by atoms with Crippen molar-refractivity contribution in [1.82, 2.24) is 10.2 Å². The summed E-state index contributed by atoms with van der Waals surface area (Å²) < 4.78 is 28.8. The van der Waals surface area contributed by atoms with Gasteiger partial charge in [0.05, 0.1) is 15.6 Å². The van der Waals surface area contributed by atoms with E-state index >= 15 is 0 Å². The molecule has 0 heterocycles. The van der Waals surface area contributed by atoms with E-state index < -0.39 is 28.5 Å². The number of nitrogens with one attached hydrogen (secondary N) is 1. The van der Waals surface area contributed by atoms with E-state index in [9.17, 15) is 18.0 Å². The monoisotopic (exact) mass is 603 g/mol. The van der Waals surface area contributed by atoms with Gasteiger partial charge in [-0.15, -0.1) is 0 Å². The van der Waals surface area contributed by atoms with E-state index in [-0.39, 0.29) is 34.0 Å². The highest BCUT2D eigenvalue weighted by atomic mass is 35.5. The normalized spacial score (nSPS) is 12.2. The summed E-state index contributed by atoms with van der Waals surface area (Å²) in [6.45, 7) is 7.51. The van der Waals surface area contributed by atoms with E-state index in [1.807, 2.05) is 20.8 Å². The number of carbonyl (C=O) groups is 2. The van der Waals surface area contributed by atoms with Crippen LogP contribution in [0.25, 0.3) is 0 Å². The van der Waals surface area contributed by atoms with Crippen molar-refractivity contribution < 1.29 is 18.0 Å². The van der Waals surface area contributed by atoms with Crippen molar-refractivity contribution in [2.75, 3.05) is 17.4 Å². The minimum Gasteiger partial charge on any atom is -0.354 e. The van der Waals surface area contributed by atoms with Gasteiger partial charge >= 0.3 is 0 Å². The zero-order chi connectivity index (χ0) is 29.4. The average Bonchev–Trinajstić information content (AvgIpc) is 2.92. The number of benzene rings is 3. The van der Waals surface area contributed by atoms with E-state index in [4.69, 9.17) is 23.2 Å². The molecule has 214 valence electrons. The highest BCUT2D eigenvalue weighted by Crippen LogP contribution is 2.31. The highest BCUT2D eigenvalue weighted by Gasteiger charge is 2.34. The number of anilines is 1. The van der Waals surface area contributed by atoms with Gasteiger partial charge in [-0.2, -0.15) is 0 Å². The summed E-state index contributed by atoms with van der Waals surface area (Å²) in [7, 11) is -4.20. The lowest BCUT2D eigenvalue weighted by atomic mass is 10.1. The van der Waals surface area contributed by atoms with Crippen molar-refractivity contribution >= 4 is 50.7 Å². The summed E-state index contributed by atoms with van der Waals surface area (Å²) in [5.74, 6) is -0.672. The molecule has 40 heavy (non-hydrogen) atoms. The van der Waals surface area contributed by atoms with Crippen LogP contribution in [0.1, 0.15) is 38.3 Å². The molecule has 0 aliphatic carbocycles. The van der Waals surface area contributed by atoms with E-state index in [1.54, 1.807) is 67.6 Å². The van der Waals surface area contributed by atoms with Crippen LogP contribution in [-0.2, 0) is 26.2 Å². The first-order chi connectivity index (χ1) is 18.9. The Morgan fingerprint density at radius 3 is 2.08 bits per heavy atom. The maximum Gasteiger partial charge on any atom is 0.264 e. The molecule has 0 fully saturated rings. The summed E-state index contributed by atoms with van der Waals surface area (Å²) in [4.78, 5) is 28.8. The van der Waals surface area contributed by atoms with Crippen molar-refractivity contribution in [3.63, 3.8) is 0 Å². The number of halogens is 2. The quantitative estimate of drug-likeness (QED) is 0.272. The van der Waals surface area contributed by atoms with Crippen LogP contribution in [0.15, 0.2) is 77.7 Å². The summed E-state index contributed by atoms with van der Waals surface area (Å²) in [6.07, 6.45) is 0.316. The fourth-order valence-electron chi connectivity index (χ4n) is 4.16. The molecule has 0 saturated carbocycles. The molecule has 10 heteroatoms. The summed E-state index contributed by atoms with van der Waals surface area (Å²) >= 11 is 12.9. The first-order valence-electron chi connectivity index (χ1n) is 13.1. The molecule has 0 unspecified atom stereocenters. The molecule has 3 aromatic rings. The minimum absolute atomic E-state index is 0.0187. The Morgan fingerprint density at radius 2 is 1.50 bits per heavy atom. The standard InChI is InChI=1S/C30H35Cl2N3O4S/c1-5-27(30(37)33-18-21(2)3)34(19-23-10-6-7-11-25(23)31)29(36)20-35(28-13-9-8-12-26(28)32)40(38,39)24-16-14-22(4)15-17-24/h6-17,21,27H,5,18-20H2,1-4H3,(H,33,37)/t27-/m1/s1. The van der Waals surface area contributed by atoms with Gasteiger partial charge in [0.15, 0.2) is 0 Å². The van der Waals surface area contributed by atoms with Crippen LogP contribution in [0, 0.1) is 12.8 Å². The molecule has 0 saturated heterocycles. The third-order valence-corrected chi connectivity index (χ3v) is 8.84. The third-order valence-electron chi connectivity index (χ3n) is 6.38. The summed E-state index contributed by atoms with van der Waals surface area (Å²) in [5, 5.41) is 3.52. The van der Waals surface area contributed by atoms with E-state index in [1.165, 1.54) is 17.0 Å². The number of aryl methyl sites for hydroxylation is 1. The topological polar surface area (TPSA) is 86.8 Å². The van der Waals surface area contributed by atoms with E-state index in [0.717, 1.165) is 9.87 Å². The Balaban J connectivity index is 2.07. The van der Waals surface area contributed by atoms with Crippen LogP contribution in [0.5, 0.6) is 0 Å². The van der Waals surface area contributed by atoms with Crippen molar-refractivity contribution in [2.24, 2.45) is 5.92 Å². The fraction of sp³-hybridized carbons (Fsp3) is 0.333. The molecular formula is C30H35Cl2N3O4S. The third kappa shape index (κ3) is 7.77. The Hall–Kier alpha value is -3.07. The first kappa shape index (κ1) is 31.5. The number of nitrogens with zero attached hydrogens (tertiary/aromatic N) is 2. The maximum atomic E-state index is 14.1. The maximum absolute atomic E-state index is 14.1. The van der Waals surface area contributed by atoms with Crippen molar-refractivity contribution in [3.8, 4) is 0 Å². The molecule has 3 aromatic carbocycles. The number of para-hydroxylation sites is 1. The smallest absolute Gasteiger partial charge is 0.264 e. The van der Waals surface area contributed by atoms with Gasteiger partial charge in [-0.25, -0.2) is 8.42 Å². The molecule has 7 nitrogen and oxygen atoms in total. The Labute approximate surface area is 247 Å². The van der Waals surface area contributed by atoms with Gasteiger partial charge in [-0.05, 0) is 55.2 Å². The SMILES string of the molecule is CC[C@H](C(=O)NCC(C)C)N(Cc1ccccc1Cl)C(=O)CN(c1ccccc1Cl)S(=O)(=O)c1ccc(C)cc1. The number of hydrogen-bond donors (Lipinski definition) is 1. The molecule has 1 N–H and O–H groups in total. The fourth-order valence-corrected chi connectivity index (χ4v) is 6.07. The van der Waals surface area contributed by atoms with E-state index in [2.05, 4.69) is 5.32 Å². The largest absolute Gasteiger partial charge is 0.354 e. The molecule has 0 aliphatic rings. The first-order valence-corrected chi connectivity index (χ1v) is 15.3. The molecule has 0 aliphatic heterocycles. The molecule has 2 amide bonds. The number of carbonyl (C=O) groups excluding carboxylic acids is 2. The van der Waals surface area contributed by atoms with Crippen LogP contribution in [0.3, 0.4) is 0 Å². The van der Waals surface area contributed by atoms with Crippen LogP contribution in [0.2, 0.25) is 10.0 Å². The van der Waals surface area contributed by atoms with Crippen molar-refractivity contribution in [2.45, 2.75) is 51.6 Å². The van der Waals surface area contributed by atoms with Gasteiger partial charge in [0.1, 0.15) is 12.6 Å². The second-order valence-corrected chi connectivity index (χ2v) is 12.6. The lowest BCUT2D eigenvalue weighted by molar-refractivity contribution is -0.140. The highest BCUT2D eigenvalue weighted by molar-refractivity contribution is 7.92. The van der Waals surface area contributed by atoms with Crippen molar-refractivity contribution in [3.05, 3.63) is 94.0 Å². The molecule has 1 atom stereocenters. The van der Waals surface area contributed by atoms with Gasteiger partial charge in [0, 0.05) is 18.1 Å². The predicted octanol–water partition coefficient (Wildman–Crippen LogP) is 6.08. The average molecular weight is 605 g/mol. The van der Waals surface area contributed by atoms with Crippen LogP contribution < -0.4 is 9.62 Å². The Kier molecular flexibility index (Phi) is 11.0. The van der Waals surface area contributed by atoms with Gasteiger partial charge < -0.3 is 10.2 Å². The number of amides is 2.